The average Bonchev–Trinajstić information content (AvgIpc) is 2.94. The first kappa shape index (κ1) is 30.2. The zero-order chi connectivity index (χ0) is 30.6. The van der Waals surface area contributed by atoms with Crippen LogP contribution in [0.5, 0.6) is 17.2 Å². The van der Waals surface area contributed by atoms with Gasteiger partial charge in [-0.25, -0.2) is 0 Å². The Balaban J connectivity index is 1.39. The molecule has 2 fully saturated rings. The topological polar surface area (TPSA) is 253 Å². The van der Waals surface area contributed by atoms with Gasteiger partial charge in [-0.05, 0) is 30.7 Å². The summed E-state index contributed by atoms with van der Waals surface area (Å²) < 4.78 is 21.9. The molecule has 2 aromatic rings. The van der Waals surface area contributed by atoms with Gasteiger partial charge in [-0.2, -0.15) is 0 Å². The van der Waals surface area contributed by atoms with E-state index in [1.54, 1.807) is 6.92 Å². The van der Waals surface area contributed by atoms with Crippen LogP contribution in [0.1, 0.15) is 37.4 Å². The van der Waals surface area contributed by atoms with Gasteiger partial charge in [-0.1, -0.05) is 0 Å². The zero-order valence-corrected chi connectivity index (χ0v) is 22.0. The smallest absolute Gasteiger partial charge is 0.229 e. The first-order valence-electron chi connectivity index (χ1n) is 12.9. The van der Waals surface area contributed by atoms with E-state index >= 15 is 0 Å². The van der Waals surface area contributed by atoms with E-state index < -0.39 is 103 Å². The highest BCUT2D eigenvalue weighted by Crippen LogP contribution is 2.40. The normalized spacial score (nSPS) is 34.6. The van der Waals surface area contributed by atoms with Crippen LogP contribution in [0.4, 0.5) is 0 Å². The van der Waals surface area contributed by atoms with Gasteiger partial charge in [0.05, 0.1) is 24.3 Å². The van der Waals surface area contributed by atoms with E-state index in [9.17, 15) is 55.5 Å². The first-order valence-corrected chi connectivity index (χ1v) is 12.9. The van der Waals surface area contributed by atoms with E-state index in [0.717, 1.165) is 12.1 Å². The maximum Gasteiger partial charge on any atom is 0.229 e. The molecule has 2 heterocycles. The molecular weight excluding hydrogens is 564 g/mol. The van der Waals surface area contributed by atoms with Crippen LogP contribution in [0, 0.1) is 6.92 Å². The van der Waals surface area contributed by atoms with Gasteiger partial charge in [0.2, 0.25) is 12.1 Å². The second-order valence-corrected chi connectivity index (χ2v) is 10.4. The van der Waals surface area contributed by atoms with E-state index in [2.05, 4.69) is 0 Å². The van der Waals surface area contributed by atoms with Crippen molar-refractivity contribution in [3.63, 3.8) is 0 Å². The van der Waals surface area contributed by atoms with Crippen molar-refractivity contribution in [2.75, 3.05) is 13.2 Å². The molecule has 9 N–H and O–H groups in total. The first-order chi connectivity index (χ1) is 19.8. The molecule has 0 radical (unpaired) electrons. The molecule has 2 saturated heterocycles. The fraction of sp³-hybridized carbons (Fsp3) is 0.481. The molecule has 0 amide bonds. The third kappa shape index (κ3) is 5.13. The number of hydrogen-bond donors (Lipinski definition) is 9. The summed E-state index contributed by atoms with van der Waals surface area (Å²) in [6.07, 6.45) is -16.9. The summed E-state index contributed by atoms with van der Waals surface area (Å²) in [7, 11) is 0. The molecule has 5 rings (SSSR count). The molecule has 1 aliphatic carbocycles. The van der Waals surface area contributed by atoms with E-state index in [1.807, 2.05) is 0 Å². The number of rotatable bonds is 6. The second-order valence-electron chi connectivity index (χ2n) is 10.4. The van der Waals surface area contributed by atoms with Gasteiger partial charge >= 0.3 is 0 Å². The SMILES string of the molecule is Cc1cc(O)c2c(c1)C(=O)c1cc(O)cc(O[C@@H]3O[C@H](CO[C@@H]4O[C@H](CO)[C@@H](O)[C@H](O)[C@H]4O)[C@@H](O)[C@H](O)[C@H]3O)c1C2=O. The van der Waals surface area contributed by atoms with Crippen LogP contribution in [0.25, 0.3) is 0 Å². The van der Waals surface area contributed by atoms with Gasteiger partial charge in [0, 0.05) is 17.2 Å². The highest BCUT2D eigenvalue weighted by Gasteiger charge is 2.48. The number of aryl methyl sites for hydroxylation is 1. The van der Waals surface area contributed by atoms with E-state index in [0.29, 0.717) is 5.56 Å². The maximum atomic E-state index is 13.5. The Morgan fingerprint density at radius 3 is 1.98 bits per heavy atom. The number of aliphatic hydroxyl groups is 7. The monoisotopic (exact) mass is 594 g/mol. The largest absolute Gasteiger partial charge is 0.508 e. The summed E-state index contributed by atoms with van der Waals surface area (Å²) in [5.41, 5.74) is -0.467. The summed E-state index contributed by atoms with van der Waals surface area (Å²) in [5, 5.41) is 91.7. The Morgan fingerprint density at radius 1 is 0.714 bits per heavy atom. The van der Waals surface area contributed by atoms with E-state index in [4.69, 9.17) is 18.9 Å². The van der Waals surface area contributed by atoms with Crippen molar-refractivity contribution in [2.45, 2.75) is 68.3 Å². The standard InChI is InChI=1S/C27H30O15/c1-8-2-10-16(12(30)3-8)21(34)17-11(18(10)31)4-9(29)5-13(17)40-27-25(38)23(36)20(33)15(42-27)7-39-26-24(37)22(35)19(32)14(6-28)41-26/h2-5,14-15,19-20,22-30,32-33,35-38H,6-7H2,1H3/t14-,15-,19-,20-,22+,23+,24-,25-,26-,27-/m1/s1. The number of hydrogen-bond acceptors (Lipinski definition) is 15. The van der Waals surface area contributed by atoms with E-state index in [1.165, 1.54) is 12.1 Å². The minimum absolute atomic E-state index is 0.0838. The highest BCUT2D eigenvalue weighted by atomic mass is 16.7. The zero-order valence-electron chi connectivity index (χ0n) is 22.0. The van der Waals surface area contributed by atoms with Gasteiger partial charge < -0.3 is 64.9 Å². The van der Waals surface area contributed by atoms with Gasteiger partial charge in [0.1, 0.15) is 66.1 Å². The lowest BCUT2D eigenvalue weighted by Crippen LogP contribution is -2.62. The van der Waals surface area contributed by atoms with Crippen molar-refractivity contribution in [1.82, 2.24) is 0 Å². The molecule has 3 aliphatic rings. The summed E-state index contributed by atoms with van der Waals surface area (Å²) in [6.45, 7) is 0.263. The Kier molecular flexibility index (Phi) is 8.25. The number of benzene rings is 2. The van der Waals surface area contributed by atoms with Crippen LogP contribution in [-0.2, 0) is 14.2 Å². The summed E-state index contributed by atoms with van der Waals surface area (Å²) in [6, 6.07) is 4.71. The summed E-state index contributed by atoms with van der Waals surface area (Å²) in [4.78, 5) is 26.7. The fourth-order valence-corrected chi connectivity index (χ4v) is 5.23. The van der Waals surface area contributed by atoms with Crippen LogP contribution >= 0.6 is 0 Å². The number of carbonyl (C=O) groups is 2. The molecule has 228 valence electrons. The molecule has 15 heteroatoms. The lowest BCUT2D eigenvalue weighted by atomic mass is 9.82. The van der Waals surface area contributed by atoms with Gasteiger partial charge in [0.25, 0.3) is 0 Å². The molecule has 42 heavy (non-hydrogen) atoms. The van der Waals surface area contributed by atoms with Crippen LogP contribution in [-0.4, -0.2) is 132 Å². The van der Waals surface area contributed by atoms with Crippen molar-refractivity contribution in [2.24, 2.45) is 0 Å². The van der Waals surface area contributed by atoms with Crippen LogP contribution in [0.3, 0.4) is 0 Å². The number of phenolic OH excluding ortho intramolecular Hbond substituents is 2. The molecule has 0 spiro atoms. The van der Waals surface area contributed by atoms with Crippen molar-refractivity contribution in [1.29, 1.82) is 0 Å². The van der Waals surface area contributed by atoms with Gasteiger partial charge in [-0.3, -0.25) is 9.59 Å². The Labute approximate surface area is 237 Å². The highest BCUT2D eigenvalue weighted by molar-refractivity contribution is 6.30. The van der Waals surface area contributed by atoms with Crippen LogP contribution in [0.15, 0.2) is 24.3 Å². The number of ether oxygens (including phenoxy) is 4. The second kappa shape index (κ2) is 11.5. The molecule has 10 atom stereocenters. The number of aliphatic hydroxyl groups excluding tert-OH is 7. The fourth-order valence-electron chi connectivity index (χ4n) is 5.23. The summed E-state index contributed by atoms with van der Waals surface area (Å²) >= 11 is 0. The maximum absolute atomic E-state index is 13.5. The minimum Gasteiger partial charge on any atom is -0.508 e. The number of fused-ring (bicyclic) bond motifs is 2. The van der Waals surface area contributed by atoms with Crippen LogP contribution < -0.4 is 4.74 Å². The Morgan fingerprint density at radius 2 is 1.31 bits per heavy atom. The van der Waals surface area contributed by atoms with Gasteiger partial charge in [0.15, 0.2) is 12.1 Å². The number of aromatic hydroxyl groups is 2. The number of ketones is 2. The number of carbonyl (C=O) groups excluding carboxylic acids is 2. The Bertz CT molecular complexity index is 1380. The van der Waals surface area contributed by atoms with Crippen molar-refractivity contribution in [3.8, 4) is 17.2 Å². The molecule has 0 unspecified atom stereocenters. The van der Waals surface area contributed by atoms with Crippen LogP contribution in [0.2, 0.25) is 0 Å². The number of phenols is 2. The lowest BCUT2D eigenvalue weighted by Gasteiger charge is -2.42. The third-order valence-electron chi connectivity index (χ3n) is 7.48. The predicted molar refractivity (Wildman–Crippen MR) is 135 cm³/mol. The van der Waals surface area contributed by atoms with Gasteiger partial charge in [-0.15, -0.1) is 0 Å². The molecule has 2 aromatic carbocycles. The molecule has 15 nitrogen and oxygen atoms in total. The summed E-state index contributed by atoms with van der Waals surface area (Å²) in [5.74, 6) is -2.88. The Hall–Kier alpha value is -3.22. The molecule has 0 bridgehead atoms. The van der Waals surface area contributed by atoms with Crippen molar-refractivity contribution < 1.29 is 74.5 Å². The van der Waals surface area contributed by atoms with Crippen molar-refractivity contribution in [3.05, 3.63) is 52.1 Å². The molecular formula is C27H30O15. The third-order valence-corrected chi connectivity index (χ3v) is 7.48. The molecule has 0 aromatic heterocycles. The average molecular weight is 595 g/mol. The van der Waals surface area contributed by atoms with E-state index in [-0.39, 0.29) is 22.3 Å². The molecule has 0 saturated carbocycles. The molecule has 2 aliphatic heterocycles. The lowest BCUT2D eigenvalue weighted by molar-refractivity contribution is -0.323. The minimum atomic E-state index is -1.92. The van der Waals surface area contributed by atoms with Crippen molar-refractivity contribution >= 4 is 11.6 Å². The quantitative estimate of drug-likeness (QED) is 0.140. The predicted octanol–water partition coefficient (Wildman–Crippen LogP) is -2.82.